The molecule has 0 bridgehead atoms. The topological polar surface area (TPSA) is 125 Å². The van der Waals surface area contributed by atoms with Gasteiger partial charge in [0.15, 0.2) is 0 Å². The zero-order valence-corrected chi connectivity index (χ0v) is 18.8. The van der Waals surface area contributed by atoms with E-state index in [0.29, 0.717) is 32.5 Å². The Balaban J connectivity index is 1.75. The molecule has 0 spiro atoms. The molecule has 0 saturated carbocycles. The number of carbonyl (C=O) groups is 2. The van der Waals surface area contributed by atoms with E-state index in [0.717, 1.165) is 11.3 Å². The second-order valence-corrected chi connectivity index (χ2v) is 9.00. The molecule has 1 saturated heterocycles. The Morgan fingerprint density at radius 1 is 1.25 bits per heavy atom. The Morgan fingerprint density at radius 3 is 2.66 bits per heavy atom. The van der Waals surface area contributed by atoms with E-state index in [2.05, 4.69) is 5.32 Å². The van der Waals surface area contributed by atoms with E-state index >= 15 is 0 Å². The number of ether oxygens (including phenoxy) is 1. The third kappa shape index (κ3) is 5.88. The van der Waals surface area contributed by atoms with E-state index in [1.807, 2.05) is 55.2 Å². The number of nitrogens with zero attached hydrogens (tertiary/aromatic N) is 1. The van der Waals surface area contributed by atoms with Crippen LogP contribution in [0.25, 0.3) is 0 Å². The molecule has 1 aliphatic carbocycles. The molecule has 1 aromatic carbocycles. The van der Waals surface area contributed by atoms with Crippen molar-refractivity contribution in [3.8, 4) is 5.75 Å². The minimum absolute atomic E-state index is 0.0303. The number of carboxylic acids is 1. The van der Waals surface area contributed by atoms with E-state index in [-0.39, 0.29) is 24.5 Å². The highest BCUT2D eigenvalue weighted by Crippen LogP contribution is 2.32. The summed E-state index contributed by atoms with van der Waals surface area (Å²) in [5.41, 5.74) is 6.72. The third-order valence-corrected chi connectivity index (χ3v) is 6.34. The van der Waals surface area contributed by atoms with Gasteiger partial charge in [0.2, 0.25) is 5.91 Å². The Kier molecular flexibility index (Phi) is 8.28. The average Bonchev–Trinajstić information content (AvgIpc) is 2.74. The van der Waals surface area contributed by atoms with E-state index in [9.17, 15) is 19.8 Å². The van der Waals surface area contributed by atoms with Crippen molar-refractivity contribution in [1.82, 2.24) is 10.2 Å². The quantitative estimate of drug-likeness (QED) is 0.426. The molecule has 1 fully saturated rings. The molecule has 0 radical (unpaired) electrons. The van der Waals surface area contributed by atoms with Gasteiger partial charge in [0.05, 0.1) is 18.1 Å². The molecule has 5 unspecified atom stereocenters. The number of benzene rings is 1. The van der Waals surface area contributed by atoms with E-state index in [1.54, 1.807) is 0 Å². The number of carboxylic acid groups (broad SMARTS) is 1. The first-order valence-electron chi connectivity index (χ1n) is 11.4. The number of aliphatic hydroxyl groups excluding tert-OH is 1. The maximum Gasteiger partial charge on any atom is 0.307 e. The number of rotatable bonds is 9. The number of aliphatic hydroxyl groups is 1. The number of allylic oxidation sites excluding steroid dienone is 2. The second kappa shape index (κ2) is 10.9. The van der Waals surface area contributed by atoms with Crippen molar-refractivity contribution >= 4 is 11.9 Å². The Morgan fingerprint density at radius 2 is 1.97 bits per heavy atom. The molecule has 5 N–H and O–H groups in total. The average molecular weight is 446 g/mol. The molecule has 32 heavy (non-hydrogen) atoms. The highest BCUT2D eigenvalue weighted by molar-refractivity contribution is 5.80. The number of amides is 1. The van der Waals surface area contributed by atoms with Crippen LogP contribution in [-0.4, -0.2) is 64.9 Å². The molecule has 3 rings (SSSR count). The number of nitrogens with one attached hydrogen (secondary N) is 1. The van der Waals surface area contributed by atoms with Gasteiger partial charge in [-0.05, 0) is 45.1 Å². The van der Waals surface area contributed by atoms with Crippen LogP contribution >= 0.6 is 0 Å². The fourth-order valence-corrected chi connectivity index (χ4v) is 4.85. The van der Waals surface area contributed by atoms with Crippen molar-refractivity contribution in [2.45, 2.75) is 57.4 Å². The number of hydrogen-bond acceptors (Lipinski definition) is 6. The molecule has 1 amide bonds. The van der Waals surface area contributed by atoms with Crippen LogP contribution in [0.2, 0.25) is 0 Å². The largest absolute Gasteiger partial charge is 0.491 e. The summed E-state index contributed by atoms with van der Waals surface area (Å²) >= 11 is 0. The van der Waals surface area contributed by atoms with Crippen molar-refractivity contribution in [2.24, 2.45) is 17.6 Å². The normalized spacial score (nSPS) is 25.9. The molecule has 8 nitrogen and oxygen atoms in total. The number of piperazine rings is 1. The summed E-state index contributed by atoms with van der Waals surface area (Å²) in [6, 6.07) is 6.84. The lowest BCUT2D eigenvalue weighted by Gasteiger charge is -2.40. The van der Waals surface area contributed by atoms with Gasteiger partial charge in [-0.3, -0.25) is 14.5 Å². The van der Waals surface area contributed by atoms with Crippen molar-refractivity contribution < 1.29 is 24.5 Å². The third-order valence-electron chi connectivity index (χ3n) is 6.34. The van der Waals surface area contributed by atoms with E-state index in [1.165, 1.54) is 0 Å². The van der Waals surface area contributed by atoms with Gasteiger partial charge in [0.1, 0.15) is 11.8 Å². The molecule has 1 heterocycles. The van der Waals surface area contributed by atoms with Gasteiger partial charge >= 0.3 is 5.97 Å². The summed E-state index contributed by atoms with van der Waals surface area (Å²) in [7, 11) is 0. The van der Waals surface area contributed by atoms with Crippen LogP contribution in [0.4, 0.5) is 0 Å². The van der Waals surface area contributed by atoms with E-state index < -0.39 is 29.9 Å². The lowest BCUT2D eigenvalue weighted by Crippen LogP contribution is -2.58. The first-order chi connectivity index (χ1) is 15.3. The summed E-state index contributed by atoms with van der Waals surface area (Å²) in [5.74, 6) is -1.46. The van der Waals surface area contributed by atoms with Gasteiger partial charge in [-0.2, -0.15) is 0 Å². The first kappa shape index (κ1) is 24.2. The zero-order valence-electron chi connectivity index (χ0n) is 18.8. The van der Waals surface area contributed by atoms with Crippen LogP contribution in [0.5, 0.6) is 5.75 Å². The van der Waals surface area contributed by atoms with Crippen LogP contribution in [0, 0.1) is 11.8 Å². The number of primary amides is 1. The Labute approximate surface area is 189 Å². The van der Waals surface area contributed by atoms with E-state index in [4.69, 9.17) is 10.5 Å². The number of para-hydroxylation sites is 1. The maximum atomic E-state index is 12.4. The van der Waals surface area contributed by atoms with Gasteiger partial charge < -0.3 is 26.0 Å². The number of carbonyl (C=O) groups excluding carboxylic acids is 1. The van der Waals surface area contributed by atoms with Crippen molar-refractivity contribution in [2.75, 3.05) is 19.6 Å². The monoisotopic (exact) mass is 445 g/mol. The zero-order chi connectivity index (χ0) is 23.3. The first-order valence-corrected chi connectivity index (χ1v) is 11.4. The van der Waals surface area contributed by atoms with Gasteiger partial charge in [0.25, 0.3) is 0 Å². The molecule has 8 heteroatoms. The van der Waals surface area contributed by atoms with Gasteiger partial charge in [-0.15, -0.1) is 0 Å². The van der Waals surface area contributed by atoms with Crippen molar-refractivity contribution in [3.05, 3.63) is 42.0 Å². The predicted octanol–water partition coefficient (Wildman–Crippen LogP) is 1.69. The van der Waals surface area contributed by atoms with Crippen LogP contribution < -0.4 is 15.8 Å². The molecule has 1 aliphatic heterocycles. The molecule has 176 valence electrons. The minimum atomic E-state index is -1.04. The van der Waals surface area contributed by atoms with Crippen LogP contribution in [0.1, 0.15) is 44.7 Å². The minimum Gasteiger partial charge on any atom is -0.491 e. The molecule has 2 aliphatic rings. The molecular formula is C24H35N3O5. The van der Waals surface area contributed by atoms with Crippen LogP contribution in [0.3, 0.4) is 0 Å². The van der Waals surface area contributed by atoms with Gasteiger partial charge in [-0.1, -0.05) is 30.4 Å². The fraction of sp³-hybridized carbons (Fsp3) is 0.583. The van der Waals surface area contributed by atoms with Gasteiger partial charge in [-0.25, -0.2) is 0 Å². The highest BCUT2D eigenvalue weighted by Gasteiger charge is 2.38. The smallest absolute Gasteiger partial charge is 0.307 e. The number of hydrogen-bond donors (Lipinski definition) is 4. The van der Waals surface area contributed by atoms with Crippen molar-refractivity contribution in [1.29, 1.82) is 0 Å². The summed E-state index contributed by atoms with van der Waals surface area (Å²) in [6.45, 7) is 5.61. The lowest BCUT2D eigenvalue weighted by molar-refractivity contribution is -0.144. The second-order valence-electron chi connectivity index (χ2n) is 9.00. The Hall–Kier alpha value is -2.42. The fourth-order valence-electron chi connectivity index (χ4n) is 4.85. The summed E-state index contributed by atoms with van der Waals surface area (Å²) in [5, 5.41) is 24.0. The summed E-state index contributed by atoms with van der Waals surface area (Å²) in [4.78, 5) is 25.9. The van der Waals surface area contributed by atoms with Gasteiger partial charge in [0, 0.05) is 31.2 Å². The molecule has 1 aromatic rings. The summed E-state index contributed by atoms with van der Waals surface area (Å²) < 4.78 is 5.96. The standard InChI is InChI=1S/C24H35N3O5/c1-15(2)32-21-10-6-5-9-18(21)19-14-27(12-11-26-19)22(23(25)29)20(28)13-16-7-3-4-8-17(16)24(30)31/h3-6,9-10,15-17,19-20,22,26,28H,7-8,11-14H2,1-2H3,(H2,25,29)(H,30,31). The lowest BCUT2D eigenvalue weighted by atomic mass is 9.78. The Bertz CT molecular complexity index is 828. The molecule has 5 atom stereocenters. The number of aliphatic carboxylic acids is 1. The van der Waals surface area contributed by atoms with Crippen LogP contribution in [0.15, 0.2) is 36.4 Å². The maximum absolute atomic E-state index is 12.4. The highest BCUT2D eigenvalue weighted by atomic mass is 16.5. The van der Waals surface area contributed by atoms with Crippen molar-refractivity contribution in [3.63, 3.8) is 0 Å². The molecular weight excluding hydrogens is 410 g/mol. The molecule has 0 aromatic heterocycles. The number of nitrogens with two attached hydrogens (primary N) is 1. The predicted molar refractivity (Wildman–Crippen MR) is 121 cm³/mol. The van der Waals surface area contributed by atoms with Crippen LogP contribution in [-0.2, 0) is 9.59 Å². The SMILES string of the molecule is CC(C)Oc1ccccc1C1CN(C(C(N)=O)C(O)CC2CC=CCC2C(=O)O)CCN1. The summed E-state index contributed by atoms with van der Waals surface area (Å²) in [6.07, 6.45) is 4.04.